The molecule has 3 aromatic rings. The van der Waals surface area contributed by atoms with E-state index >= 15 is 0 Å². The van der Waals surface area contributed by atoms with Gasteiger partial charge in [-0.25, -0.2) is 4.79 Å². The second-order valence-electron chi connectivity index (χ2n) is 12.7. The van der Waals surface area contributed by atoms with Crippen LogP contribution in [0.25, 0.3) is 0 Å². The lowest BCUT2D eigenvalue weighted by molar-refractivity contribution is -0.0189. The molecule has 2 aliphatic rings. The van der Waals surface area contributed by atoms with Crippen molar-refractivity contribution < 1.29 is 50.0 Å². The van der Waals surface area contributed by atoms with Gasteiger partial charge in [0.15, 0.2) is 34.9 Å². The van der Waals surface area contributed by atoms with Crippen LogP contribution in [0.15, 0.2) is 77.9 Å². The highest BCUT2D eigenvalue weighted by molar-refractivity contribution is 5.91. The molecule has 0 saturated heterocycles. The molecule has 0 fully saturated rings. The maximum Gasteiger partial charge on any atom is 0.338 e. The van der Waals surface area contributed by atoms with Gasteiger partial charge in [-0.3, -0.25) is 0 Å². The standard InChI is InChI=1S/C22H18O10.C15H24/c23-11-6-14(25)12-8-19(32-22(30)10-4-16(27)20(29)17(28)5-10)21(31-18(12)7-11)9-1-2-13(24)15(26)3-9;1-13-7-5-8-14(2)10-12-15(3,4)11-6-9-13/h1-7,19,21,23-29H,8H2;6-7,10-11H,5,8-9,12H2,1-4H3. The van der Waals surface area contributed by atoms with E-state index in [1.807, 2.05) is 0 Å². The number of fused-ring (bicyclic) bond motifs is 1. The number of phenols is 7. The quantitative estimate of drug-likeness (QED) is 0.0853. The van der Waals surface area contributed by atoms with Crippen LogP contribution in [0.2, 0.25) is 0 Å². The van der Waals surface area contributed by atoms with Crippen molar-refractivity contribution in [1.29, 1.82) is 0 Å². The minimum Gasteiger partial charge on any atom is -0.508 e. The fourth-order valence-corrected chi connectivity index (χ4v) is 5.28. The number of hydrogen-bond acceptors (Lipinski definition) is 10. The number of aromatic hydroxyl groups is 7. The molecule has 7 N–H and O–H groups in total. The Balaban J connectivity index is 0.000000280. The molecule has 5 rings (SSSR count). The first kappa shape index (κ1) is 34.6. The normalized spacial score (nSPS) is 19.0. The zero-order chi connectivity index (χ0) is 34.5. The molecule has 1 heterocycles. The Labute approximate surface area is 273 Å². The van der Waals surface area contributed by atoms with Crippen LogP contribution < -0.4 is 4.74 Å². The van der Waals surface area contributed by atoms with E-state index in [0.29, 0.717) is 11.0 Å². The number of benzene rings is 3. The number of rotatable bonds is 3. The summed E-state index contributed by atoms with van der Waals surface area (Å²) in [6.45, 7) is 9.10. The van der Waals surface area contributed by atoms with E-state index < -0.39 is 41.2 Å². The molecule has 0 amide bonds. The van der Waals surface area contributed by atoms with Crippen molar-refractivity contribution in [3.05, 3.63) is 94.6 Å². The van der Waals surface area contributed by atoms with E-state index in [-0.39, 0.29) is 40.5 Å². The van der Waals surface area contributed by atoms with Gasteiger partial charge >= 0.3 is 5.97 Å². The van der Waals surface area contributed by atoms with Crippen LogP contribution in [0.3, 0.4) is 0 Å². The molecule has 10 heteroatoms. The Morgan fingerprint density at radius 3 is 2.21 bits per heavy atom. The minimum absolute atomic E-state index is 0.0461. The topological polar surface area (TPSA) is 177 Å². The Kier molecular flexibility index (Phi) is 10.6. The van der Waals surface area contributed by atoms with Crippen LogP contribution in [-0.4, -0.2) is 47.8 Å². The maximum absolute atomic E-state index is 12.7. The summed E-state index contributed by atoms with van der Waals surface area (Å²) in [7, 11) is 0. The number of esters is 1. The van der Waals surface area contributed by atoms with E-state index in [0.717, 1.165) is 31.0 Å². The Hall–Kier alpha value is -5.25. The average molecular weight is 647 g/mol. The van der Waals surface area contributed by atoms with Crippen molar-refractivity contribution in [1.82, 2.24) is 0 Å². The van der Waals surface area contributed by atoms with Crippen molar-refractivity contribution in [2.24, 2.45) is 5.41 Å². The van der Waals surface area contributed by atoms with E-state index in [1.54, 1.807) is 0 Å². The molecule has 47 heavy (non-hydrogen) atoms. The van der Waals surface area contributed by atoms with Crippen LogP contribution in [0.5, 0.6) is 46.0 Å². The molecule has 10 nitrogen and oxygen atoms in total. The lowest BCUT2D eigenvalue weighted by Gasteiger charge is -2.34. The number of phenolic OH excluding ortho intramolecular Hbond substituents is 7. The van der Waals surface area contributed by atoms with Crippen molar-refractivity contribution in [3.63, 3.8) is 0 Å². The average Bonchev–Trinajstić information content (AvgIpc) is 3.02. The fourth-order valence-electron chi connectivity index (χ4n) is 5.28. The molecular weight excluding hydrogens is 604 g/mol. The Morgan fingerprint density at radius 2 is 1.53 bits per heavy atom. The molecule has 0 bridgehead atoms. The van der Waals surface area contributed by atoms with Crippen LogP contribution in [-0.2, 0) is 11.2 Å². The maximum atomic E-state index is 12.7. The molecular formula is C37H42O10. The molecule has 3 aromatic carbocycles. The summed E-state index contributed by atoms with van der Waals surface area (Å²) in [4.78, 5) is 12.7. The molecule has 0 saturated carbocycles. The van der Waals surface area contributed by atoms with E-state index in [2.05, 4.69) is 52.0 Å². The SMILES string of the molecule is CC1=CCCC(C)=CCC(C)(C)C=CC1.O=C(OC1Cc2c(O)cc(O)cc2OC1c1ccc(O)c(O)c1)c1cc(O)c(O)c(O)c1. The third kappa shape index (κ3) is 8.94. The van der Waals surface area contributed by atoms with Gasteiger partial charge in [0.25, 0.3) is 0 Å². The zero-order valence-electron chi connectivity index (χ0n) is 26.9. The molecule has 0 aromatic heterocycles. The van der Waals surface area contributed by atoms with Gasteiger partial charge in [0.1, 0.15) is 23.4 Å². The van der Waals surface area contributed by atoms with Gasteiger partial charge in [-0.15, -0.1) is 0 Å². The van der Waals surface area contributed by atoms with Crippen LogP contribution in [0.4, 0.5) is 0 Å². The van der Waals surface area contributed by atoms with E-state index in [9.17, 15) is 40.5 Å². The lowest BCUT2D eigenvalue weighted by atomic mass is 9.87. The molecule has 2 unspecified atom stereocenters. The summed E-state index contributed by atoms with van der Waals surface area (Å²) in [5.41, 5.74) is 3.66. The zero-order valence-corrected chi connectivity index (χ0v) is 26.9. The van der Waals surface area contributed by atoms with Gasteiger partial charge in [-0.1, -0.05) is 55.4 Å². The largest absolute Gasteiger partial charge is 0.508 e. The van der Waals surface area contributed by atoms with Crippen molar-refractivity contribution in [2.75, 3.05) is 0 Å². The third-order valence-corrected chi connectivity index (χ3v) is 8.08. The van der Waals surface area contributed by atoms with Crippen LogP contribution in [0, 0.1) is 5.41 Å². The highest BCUT2D eigenvalue weighted by Crippen LogP contribution is 2.44. The second-order valence-corrected chi connectivity index (χ2v) is 12.7. The van der Waals surface area contributed by atoms with Crippen molar-refractivity contribution in [3.8, 4) is 46.0 Å². The van der Waals surface area contributed by atoms with Gasteiger partial charge in [-0.05, 0) is 69.2 Å². The second kappa shape index (κ2) is 14.5. The smallest absolute Gasteiger partial charge is 0.338 e. The number of hydrogen-bond donors (Lipinski definition) is 7. The van der Waals surface area contributed by atoms with Gasteiger partial charge in [0.05, 0.1) is 5.56 Å². The lowest BCUT2D eigenvalue weighted by Crippen LogP contribution is -2.34. The predicted octanol–water partition coefficient (Wildman–Crippen LogP) is 7.56. The summed E-state index contributed by atoms with van der Waals surface area (Å²) >= 11 is 0. The van der Waals surface area contributed by atoms with Gasteiger partial charge in [0, 0.05) is 29.7 Å². The van der Waals surface area contributed by atoms with E-state index in [4.69, 9.17) is 9.47 Å². The highest BCUT2D eigenvalue weighted by Gasteiger charge is 2.37. The summed E-state index contributed by atoms with van der Waals surface area (Å²) in [5.74, 6) is -4.43. The van der Waals surface area contributed by atoms with Gasteiger partial charge < -0.3 is 45.2 Å². The molecule has 0 spiro atoms. The molecule has 250 valence electrons. The molecule has 0 radical (unpaired) electrons. The monoisotopic (exact) mass is 646 g/mol. The Morgan fingerprint density at radius 1 is 0.830 bits per heavy atom. The van der Waals surface area contributed by atoms with Crippen LogP contribution in [0.1, 0.15) is 81.0 Å². The van der Waals surface area contributed by atoms with E-state index in [1.165, 1.54) is 48.3 Å². The van der Waals surface area contributed by atoms with Gasteiger partial charge in [0.2, 0.25) is 0 Å². The summed E-state index contributed by atoms with van der Waals surface area (Å²) in [6.07, 6.45) is 12.0. The summed E-state index contributed by atoms with van der Waals surface area (Å²) in [6, 6.07) is 8.07. The number of allylic oxidation sites excluding steroid dienone is 6. The first-order chi connectivity index (χ1) is 22.1. The molecule has 2 atom stereocenters. The molecule has 1 aliphatic carbocycles. The van der Waals surface area contributed by atoms with Crippen molar-refractivity contribution in [2.45, 2.75) is 72.0 Å². The number of carbonyl (C=O) groups is 1. The van der Waals surface area contributed by atoms with Gasteiger partial charge in [-0.2, -0.15) is 0 Å². The molecule has 1 aliphatic heterocycles. The summed E-state index contributed by atoms with van der Waals surface area (Å²) in [5, 5.41) is 68.2. The fraction of sp³-hybridized carbons (Fsp3) is 0.324. The van der Waals surface area contributed by atoms with Crippen LogP contribution >= 0.6 is 0 Å². The minimum atomic E-state index is -1.06. The Bertz CT molecular complexity index is 1690. The summed E-state index contributed by atoms with van der Waals surface area (Å²) < 4.78 is 11.4. The first-order valence-corrected chi connectivity index (χ1v) is 15.3. The number of ether oxygens (including phenoxy) is 2. The third-order valence-electron chi connectivity index (χ3n) is 8.08. The van der Waals surface area contributed by atoms with Crippen molar-refractivity contribution >= 4 is 5.97 Å². The first-order valence-electron chi connectivity index (χ1n) is 15.3. The number of carbonyl (C=O) groups excluding carboxylic acids is 1. The predicted molar refractivity (Wildman–Crippen MR) is 176 cm³/mol. The highest BCUT2D eigenvalue weighted by atomic mass is 16.6.